The molecule has 0 saturated carbocycles. The second kappa shape index (κ2) is 5.31. The maximum Gasteiger partial charge on any atom is 0.126 e. The molecule has 0 aliphatic heterocycles. The molecule has 19 heavy (non-hydrogen) atoms. The highest BCUT2D eigenvalue weighted by molar-refractivity contribution is 5.38. The zero-order valence-electron chi connectivity index (χ0n) is 11.6. The van der Waals surface area contributed by atoms with Gasteiger partial charge in [0, 0.05) is 12.7 Å². The Hall–Kier alpha value is -2.03. The van der Waals surface area contributed by atoms with Crippen molar-refractivity contribution in [1.29, 1.82) is 0 Å². The van der Waals surface area contributed by atoms with Gasteiger partial charge in [-0.3, -0.25) is 0 Å². The fourth-order valence-electron chi connectivity index (χ4n) is 1.75. The first-order chi connectivity index (χ1) is 8.95. The van der Waals surface area contributed by atoms with Gasteiger partial charge in [-0.25, -0.2) is 4.98 Å². The van der Waals surface area contributed by atoms with Crippen LogP contribution in [0.4, 0.5) is 5.82 Å². The van der Waals surface area contributed by atoms with Crippen molar-refractivity contribution in [2.24, 2.45) is 0 Å². The second-order valence-electron chi connectivity index (χ2n) is 5.70. The average Bonchev–Trinajstić information content (AvgIpc) is 2.37. The molecule has 0 atom stereocenters. The van der Waals surface area contributed by atoms with E-state index in [0.29, 0.717) is 6.54 Å². The number of pyridine rings is 1. The largest absolute Gasteiger partial charge is 0.508 e. The summed E-state index contributed by atoms with van der Waals surface area (Å²) < 4.78 is 0. The quantitative estimate of drug-likeness (QED) is 0.880. The highest BCUT2D eigenvalue weighted by Gasteiger charge is 2.13. The summed E-state index contributed by atoms with van der Waals surface area (Å²) in [5.41, 5.74) is 2.46. The Balaban J connectivity index is 1.98. The molecule has 0 spiro atoms. The Morgan fingerprint density at radius 1 is 1.05 bits per heavy atom. The molecular weight excluding hydrogens is 236 g/mol. The fraction of sp³-hybridized carbons (Fsp3) is 0.312. The minimum Gasteiger partial charge on any atom is -0.508 e. The molecule has 0 unspecified atom stereocenters. The van der Waals surface area contributed by atoms with Crippen LogP contribution in [-0.2, 0) is 12.0 Å². The number of benzene rings is 1. The number of rotatable bonds is 3. The Bertz CT molecular complexity index is 524. The van der Waals surface area contributed by atoms with Gasteiger partial charge in [0.05, 0.1) is 0 Å². The first-order valence-corrected chi connectivity index (χ1v) is 6.43. The molecule has 1 aromatic carbocycles. The monoisotopic (exact) mass is 256 g/mol. The second-order valence-corrected chi connectivity index (χ2v) is 5.70. The van der Waals surface area contributed by atoms with Crippen LogP contribution in [0.5, 0.6) is 5.75 Å². The van der Waals surface area contributed by atoms with E-state index in [-0.39, 0.29) is 11.2 Å². The standard InChI is InChI=1S/C16H20N2O/c1-16(2,3)13-6-9-15(18-11-13)17-10-12-4-7-14(19)8-5-12/h4-9,11,19H,10H2,1-3H3,(H,17,18). The number of hydrogen-bond donors (Lipinski definition) is 2. The van der Waals surface area contributed by atoms with Gasteiger partial charge in [-0.2, -0.15) is 0 Å². The number of hydrogen-bond acceptors (Lipinski definition) is 3. The zero-order valence-corrected chi connectivity index (χ0v) is 11.6. The SMILES string of the molecule is CC(C)(C)c1ccc(NCc2ccc(O)cc2)nc1. The molecular formula is C16H20N2O. The number of aromatic nitrogens is 1. The zero-order chi connectivity index (χ0) is 13.9. The van der Waals surface area contributed by atoms with E-state index in [1.165, 1.54) is 5.56 Å². The van der Waals surface area contributed by atoms with Gasteiger partial charge in [-0.1, -0.05) is 39.0 Å². The molecule has 1 heterocycles. The summed E-state index contributed by atoms with van der Waals surface area (Å²) in [4.78, 5) is 4.42. The number of nitrogens with one attached hydrogen (secondary N) is 1. The van der Waals surface area contributed by atoms with Crippen LogP contribution in [0.1, 0.15) is 31.9 Å². The lowest BCUT2D eigenvalue weighted by Gasteiger charge is -2.18. The molecule has 0 aliphatic carbocycles. The van der Waals surface area contributed by atoms with Crippen molar-refractivity contribution in [2.75, 3.05) is 5.32 Å². The van der Waals surface area contributed by atoms with Gasteiger partial charge in [0.25, 0.3) is 0 Å². The molecule has 0 fully saturated rings. The van der Waals surface area contributed by atoms with Crippen LogP contribution in [0, 0.1) is 0 Å². The van der Waals surface area contributed by atoms with Crippen molar-refractivity contribution in [3.8, 4) is 5.75 Å². The predicted molar refractivity (Wildman–Crippen MR) is 78.4 cm³/mol. The average molecular weight is 256 g/mol. The first-order valence-electron chi connectivity index (χ1n) is 6.43. The van der Waals surface area contributed by atoms with Crippen LogP contribution < -0.4 is 5.32 Å². The Labute approximate surface area is 114 Å². The molecule has 100 valence electrons. The Kier molecular flexibility index (Phi) is 3.74. The third kappa shape index (κ3) is 3.71. The predicted octanol–water partition coefficient (Wildman–Crippen LogP) is 3.70. The fourth-order valence-corrected chi connectivity index (χ4v) is 1.75. The maximum atomic E-state index is 9.22. The third-order valence-corrected chi connectivity index (χ3v) is 3.04. The molecule has 0 saturated heterocycles. The van der Waals surface area contributed by atoms with Crippen LogP contribution in [0.25, 0.3) is 0 Å². The van der Waals surface area contributed by atoms with E-state index in [1.807, 2.05) is 24.4 Å². The van der Waals surface area contributed by atoms with E-state index in [2.05, 4.69) is 37.1 Å². The Morgan fingerprint density at radius 3 is 2.26 bits per heavy atom. The number of aromatic hydroxyl groups is 1. The topological polar surface area (TPSA) is 45.1 Å². The van der Waals surface area contributed by atoms with Gasteiger partial charge in [0.15, 0.2) is 0 Å². The number of nitrogens with zero attached hydrogens (tertiary/aromatic N) is 1. The van der Waals surface area contributed by atoms with E-state index < -0.39 is 0 Å². The molecule has 0 radical (unpaired) electrons. The Morgan fingerprint density at radius 2 is 1.74 bits per heavy atom. The smallest absolute Gasteiger partial charge is 0.126 e. The summed E-state index contributed by atoms with van der Waals surface area (Å²) in [7, 11) is 0. The molecule has 0 aliphatic rings. The lowest BCUT2D eigenvalue weighted by atomic mass is 9.88. The van der Waals surface area contributed by atoms with E-state index >= 15 is 0 Å². The molecule has 0 amide bonds. The summed E-state index contributed by atoms with van der Waals surface area (Å²) in [6, 6.07) is 11.3. The van der Waals surface area contributed by atoms with Gasteiger partial charge >= 0.3 is 0 Å². The highest BCUT2D eigenvalue weighted by Crippen LogP contribution is 2.22. The van der Waals surface area contributed by atoms with Crippen molar-refractivity contribution in [1.82, 2.24) is 4.98 Å². The molecule has 2 rings (SSSR count). The van der Waals surface area contributed by atoms with Gasteiger partial charge < -0.3 is 10.4 Å². The van der Waals surface area contributed by atoms with Crippen molar-refractivity contribution in [3.05, 3.63) is 53.7 Å². The van der Waals surface area contributed by atoms with Gasteiger partial charge in [0.1, 0.15) is 11.6 Å². The minimum atomic E-state index is 0.127. The van der Waals surface area contributed by atoms with Crippen LogP contribution in [0.3, 0.4) is 0 Å². The number of anilines is 1. The van der Waals surface area contributed by atoms with Crippen molar-refractivity contribution in [3.63, 3.8) is 0 Å². The molecule has 1 aromatic heterocycles. The van der Waals surface area contributed by atoms with Crippen LogP contribution in [0.2, 0.25) is 0 Å². The van der Waals surface area contributed by atoms with Crippen LogP contribution >= 0.6 is 0 Å². The molecule has 2 aromatic rings. The summed E-state index contributed by atoms with van der Waals surface area (Å²) in [6.07, 6.45) is 1.92. The van der Waals surface area contributed by atoms with Gasteiger partial charge in [-0.15, -0.1) is 0 Å². The van der Waals surface area contributed by atoms with E-state index in [9.17, 15) is 5.11 Å². The normalized spacial score (nSPS) is 11.3. The highest BCUT2D eigenvalue weighted by atomic mass is 16.3. The summed E-state index contributed by atoms with van der Waals surface area (Å²) in [5, 5.41) is 12.5. The summed E-state index contributed by atoms with van der Waals surface area (Å²) in [6.45, 7) is 7.22. The lowest BCUT2D eigenvalue weighted by Crippen LogP contribution is -2.11. The minimum absolute atomic E-state index is 0.127. The number of phenolic OH excluding ortho intramolecular Hbond substituents is 1. The van der Waals surface area contributed by atoms with Crippen molar-refractivity contribution in [2.45, 2.75) is 32.7 Å². The summed E-state index contributed by atoms with van der Waals surface area (Å²) >= 11 is 0. The third-order valence-electron chi connectivity index (χ3n) is 3.04. The lowest BCUT2D eigenvalue weighted by molar-refractivity contribution is 0.475. The van der Waals surface area contributed by atoms with Crippen LogP contribution in [-0.4, -0.2) is 10.1 Å². The van der Waals surface area contributed by atoms with Gasteiger partial charge in [-0.05, 0) is 34.7 Å². The van der Waals surface area contributed by atoms with Crippen molar-refractivity contribution >= 4 is 5.82 Å². The van der Waals surface area contributed by atoms with E-state index in [1.54, 1.807) is 12.1 Å². The van der Waals surface area contributed by atoms with E-state index in [0.717, 1.165) is 11.4 Å². The molecule has 2 N–H and O–H groups in total. The van der Waals surface area contributed by atoms with Crippen molar-refractivity contribution < 1.29 is 5.11 Å². The maximum absolute atomic E-state index is 9.22. The molecule has 3 heteroatoms. The summed E-state index contributed by atoms with van der Waals surface area (Å²) in [5.74, 6) is 1.15. The van der Waals surface area contributed by atoms with Crippen LogP contribution in [0.15, 0.2) is 42.6 Å². The molecule has 0 bridgehead atoms. The molecule has 3 nitrogen and oxygen atoms in total. The number of phenols is 1. The van der Waals surface area contributed by atoms with E-state index in [4.69, 9.17) is 0 Å². The first kappa shape index (κ1) is 13.4. The van der Waals surface area contributed by atoms with Gasteiger partial charge in [0.2, 0.25) is 0 Å².